The van der Waals surface area contributed by atoms with Gasteiger partial charge in [-0.25, -0.2) is 0 Å². The van der Waals surface area contributed by atoms with Crippen LogP contribution < -0.4 is 4.90 Å². The van der Waals surface area contributed by atoms with Gasteiger partial charge in [0.15, 0.2) is 0 Å². The Hall–Kier alpha value is -0.500. The van der Waals surface area contributed by atoms with Gasteiger partial charge in [0.25, 0.3) is 0 Å². The highest BCUT2D eigenvalue weighted by atomic mass is 32.2. The number of anilines is 1. The van der Waals surface area contributed by atoms with Crippen LogP contribution in [0.5, 0.6) is 0 Å². The maximum Gasteiger partial charge on any atom is 0.393 e. The van der Waals surface area contributed by atoms with Crippen LogP contribution in [0.25, 0.3) is 0 Å². The predicted octanol–water partition coefficient (Wildman–Crippen LogP) is 3.04. The van der Waals surface area contributed by atoms with E-state index in [1.54, 1.807) is 4.90 Å². The Kier molecular flexibility index (Phi) is 3.82. The normalized spacial score (nSPS) is 21.9. The second-order valence-electron chi connectivity index (χ2n) is 3.89. The van der Waals surface area contributed by atoms with E-state index in [1.807, 2.05) is 6.26 Å². The first-order chi connectivity index (χ1) is 8.00. The summed E-state index contributed by atoms with van der Waals surface area (Å²) < 4.78 is 42.0. The van der Waals surface area contributed by atoms with Crippen LogP contribution in [0.3, 0.4) is 0 Å². The van der Waals surface area contributed by atoms with Crippen molar-refractivity contribution in [3.05, 3.63) is 0 Å². The minimum atomic E-state index is -4.11. The van der Waals surface area contributed by atoms with E-state index in [-0.39, 0.29) is 13.0 Å². The minimum absolute atomic E-state index is 0.00646. The number of aromatic nitrogens is 2. The second kappa shape index (κ2) is 5.01. The lowest BCUT2D eigenvalue weighted by atomic mass is 9.98. The summed E-state index contributed by atoms with van der Waals surface area (Å²) in [7, 11) is 0. The second-order valence-corrected chi connectivity index (χ2v) is 5.39. The Balaban J connectivity index is 2.06. The highest BCUT2D eigenvalue weighted by molar-refractivity contribution is 7.98. The van der Waals surface area contributed by atoms with Crippen LogP contribution in [0.2, 0.25) is 0 Å². The molecule has 1 aliphatic heterocycles. The zero-order chi connectivity index (χ0) is 12.5. The van der Waals surface area contributed by atoms with E-state index in [4.69, 9.17) is 0 Å². The highest BCUT2D eigenvalue weighted by Crippen LogP contribution is 2.35. The molecule has 0 saturated carbocycles. The van der Waals surface area contributed by atoms with Crippen molar-refractivity contribution in [3.8, 4) is 0 Å². The van der Waals surface area contributed by atoms with Crippen molar-refractivity contribution in [1.82, 2.24) is 9.36 Å². The Morgan fingerprint density at radius 2 is 2.24 bits per heavy atom. The Bertz CT molecular complexity index is 380. The SMILES string of the molecule is CSc1nsc(N2CCCC(C(F)(F)F)C2)n1. The summed E-state index contributed by atoms with van der Waals surface area (Å²) in [5.74, 6) is -1.24. The maximum absolute atomic E-state index is 12.6. The molecule has 0 radical (unpaired) electrons. The van der Waals surface area contributed by atoms with Gasteiger partial charge in [-0.1, -0.05) is 11.8 Å². The van der Waals surface area contributed by atoms with E-state index < -0.39 is 12.1 Å². The molecule has 1 unspecified atom stereocenters. The number of hydrogen-bond donors (Lipinski definition) is 0. The molecule has 0 aliphatic carbocycles. The number of halogens is 3. The molecule has 1 saturated heterocycles. The molecule has 0 N–H and O–H groups in total. The molecule has 8 heteroatoms. The monoisotopic (exact) mass is 283 g/mol. The van der Waals surface area contributed by atoms with Crippen molar-refractivity contribution >= 4 is 28.4 Å². The van der Waals surface area contributed by atoms with Gasteiger partial charge in [0.2, 0.25) is 10.3 Å². The standard InChI is InChI=1S/C9H12F3N3S2/c1-16-7-13-8(17-14-7)15-4-2-3-6(5-15)9(10,11)12/h6H,2-5H2,1H3. The molecule has 1 atom stereocenters. The molecule has 2 rings (SSSR count). The molecular weight excluding hydrogens is 271 g/mol. The smallest absolute Gasteiger partial charge is 0.346 e. The quantitative estimate of drug-likeness (QED) is 0.780. The minimum Gasteiger partial charge on any atom is -0.346 e. The summed E-state index contributed by atoms with van der Waals surface area (Å²) in [5, 5.41) is 1.22. The lowest BCUT2D eigenvalue weighted by Gasteiger charge is -2.33. The fourth-order valence-corrected chi connectivity index (χ4v) is 3.09. The van der Waals surface area contributed by atoms with Crippen molar-refractivity contribution in [2.24, 2.45) is 5.92 Å². The summed E-state index contributed by atoms with van der Waals surface area (Å²) >= 11 is 2.57. The third-order valence-electron chi connectivity index (χ3n) is 2.73. The van der Waals surface area contributed by atoms with Crippen LogP contribution in [-0.4, -0.2) is 34.9 Å². The van der Waals surface area contributed by atoms with Crippen LogP contribution in [0, 0.1) is 5.92 Å². The zero-order valence-corrected chi connectivity index (χ0v) is 10.8. The maximum atomic E-state index is 12.6. The van der Waals surface area contributed by atoms with Crippen LogP contribution >= 0.6 is 23.3 Å². The fourth-order valence-electron chi connectivity index (χ4n) is 1.83. The zero-order valence-electron chi connectivity index (χ0n) is 9.20. The molecule has 1 fully saturated rings. The summed E-state index contributed by atoms with van der Waals surface area (Å²) in [6, 6.07) is 0. The third kappa shape index (κ3) is 3.04. The van der Waals surface area contributed by atoms with Crippen molar-refractivity contribution in [2.75, 3.05) is 24.2 Å². The number of thioether (sulfide) groups is 1. The molecule has 0 aromatic carbocycles. The first-order valence-electron chi connectivity index (χ1n) is 5.20. The highest BCUT2D eigenvalue weighted by Gasteiger charge is 2.42. The number of piperidine rings is 1. The number of nitrogens with zero attached hydrogens (tertiary/aromatic N) is 3. The molecule has 0 spiro atoms. The first-order valence-corrected chi connectivity index (χ1v) is 7.20. The molecule has 96 valence electrons. The van der Waals surface area contributed by atoms with E-state index in [2.05, 4.69) is 9.36 Å². The fraction of sp³-hybridized carbons (Fsp3) is 0.778. The number of alkyl halides is 3. The van der Waals surface area contributed by atoms with E-state index in [9.17, 15) is 13.2 Å². The number of hydrogen-bond acceptors (Lipinski definition) is 5. The van der Waals surface area contributed by atoms with Crippen molar-refractivity contribution in [3.63, 3.8) is 0 Å². The lowest BCUT2D eigenvalue weighted by Crippen LogP contribution is -2.41. The van der Waals surface area contributed by atoms with Crippen LogP contribution in [0.15, 0.2) is 5.16 Å². The van der Waals surface area contributed by atoms with Gasteiger partial charge in [-0.3, -0.25) is 0 Å². The largest absolute Gasteiger partial charge is 0.393 e. The van der Waals surface area contributed by atoms with Gasteiger partial charge in [0, 0.05) is 24.6 Å². The molecule has 1 aromatic heterocycles. The molecule has 1 aromatic rings. The Labute approximate surface area is 106 Å². The van der Waals surface area contributed by atoms with Gasteiger partial charge in [-0.15, -0.1) is 0 Å². The predicted molar refractivity (Wildman–Crippen MR) is 62.7 cm³/mol. The van der Waals surface area contributed by atoms with Gasteiger partial charge in [-0.05, 0) is 19.1 Å². The van der Waals surface area contributed by atoms with Crippen LogP contribution in [0.4, 0.5) is 18.3 Å². The van der Waals surface area contributed by atoms with E-state index in [0.717, 1.165) is 0 Å². The average Bonchev–Trinajstić information content (AvgIpc) is 2.76. The van der Waals surface area contributed by atoms with E-state index >= 15 is 0 Å². The van der Waals surface area contributed by atoms with Crippen molar-refractivity contribution < 1.29 is 13.2 Å². The molecule has 1 aliphatic rings. The summed E-state index contributed by atoms with van der Waals surface area (Å²) in [6.07, 6.45) is -1.49. The van der Waals surface area contributed by atoms with Gasteiger partial charge < -0.3 is 4.90 Å². The average molecular weight is 283 g/mol. The van der Waals surface area contributed by atoms with Gasteiger partial charge in [0.1, 0.15) is 0 Å². The van der Waals surface area contributed by atoms with E-state index in [0.29, 0.717) is 23.3 Å². The molecular formula is C9H12F3N3S2. The number of rotatable bonds is 2. The summed E-state index contributed by atoms with van der Waals surface area (Å²) in [6.45, 7) is 0.641. The topological polar surface area (TPSA) is 29.0 Å². The molecule has 0 amide bonds. The van der Waals surface area contributed by atoms with Gasteiger partial charge in [-0.2, -0.15) is 22.5 Å². The third-order valence-corrected chi connectivity index (χ3v) is 4.17. The van der Waals surface area contributed by atoms with Gasteiger partial charge in [0.05, 0.1) is 5.92 Å². The summed E-state index contributed by atoms with van der Waals surface area (Å²) in [5.41, 5.74) is 0. The molecule has 17 heavy (non-hydrogen) atoms. The Morgan fingerprint density at radius 3 is 2.82 bits per heavy atom. The van der Waals surface area contributed by atoms with E-state index in [1.165, 1.54) is 23.3 Å². The first kappa shape index (κ1) is 12.9. The molecule has 3 nitrogen and oxygen atoms in total. The van der Waals surface area contributed by atoms with Crippen LogP contribution in [-0.2, 0) is 0 Å². The van der Waals surface area contributed by atoms with Gasteiger partial charge >= 0.3 is 6.18 Å². The molecule has 2 heterocycles. The Morgan fingerprint density at radius 1 is 1.47 bits per heavy atom. The van der Waals surface area contributed by atoms with Crippen molar-refractivity contribution in [2.45, 2.75) is 24.2 Å². The molecule has 0 bridgehead atoms. The van der Waals surface area contributed by atoms with Crippen LogP contribution in [0.1, 0.15) is 12.8 Å². The summed E-state index contributed by atoms with van der Waals surface area (Å²) in [4.78, 5) is 5.89. The lowest BCUT2D eigenvalue weighted by molar-refractivity contribution is -0.175. The van der Waals surface area contributed by atoms with Crippen molar-refractivity contribution in [1.29, 1.82) is 0 Å².